The lowest BCUT2D eigenvalue weighted by molar-refractivity contribution is -0.126. The van der Waals surface area contributed by atoms with Crippen LogP contribution < -0.4 is 14.4 Å². The minimum atomic E-state index is -1.15. The summed E-state index contributed by atoms with van der Waals surface area (Å²) in [5.41, 5.74) is 1.65. The number of likely N-dealkylation sites (N-methyl/N-ethyl adjacent to an activating group) is 1. The number of aliphatic hydroxyl groups excluding tert-OH is 1. The van der Waals surface area contributed by atoms with Gasteiger partial charge in [-0.2, -0.15) is 0 Å². The van der Waals surface area contributed by atoms with Crippen LogP contribution in [0.3, 0.4) is 0 Å². The number of nitrogens with zero attached hydrogens (tertiary/aromatic N) is 2. The lowest BCUT2D eigenvalue weighted by atomic mass is 10.1. The molecule has 29 heavy (non-hydrogen) atoms. The highest BCUT2D eigenvalue weighted by molar-refractivity contribution is 7.99. The van der Waals surface area contributed by atoms with Crippen molar-refractivity contribution in [2.24, 2.45) is 0 Å². The highest BCUT2D eigenvalue weighted by Crippen LogP contribution is 2.46. The summed E-state index contributed by atoms with van der Waals surface area (Å²) in [7, 11) is 7.13. The predicted molar refractivity (Wildman–Crippen MR) is 119 cm³/mol. The van der Waals surface area contributed by atoms with Crippen molar-refractivity contribution in [3.8, 4) is 11.5 Å². The van der Waals surface area contributed by atoms with Crippen molar-refractivity contribution < 1.29 is 19.4 Å². The van der Waals surface area contributed by atoms with Crippen LogP contribution in [0.1, 0.15) is 10.8 Å². The molecule has 1 amide bonds. The molecule has 0 saturated carbocycles. The van der Waals surface area contributed by atoms with Crippen LogP contribution in [-0.4, -0.2) is 63.4 Å². The van der Waals surface area contributed by atoms with Gasteiger partial charge in [0.2, 0.25) is 0 Å². The normalized spacial score (nSPS) is 18.7. The van der Waals surface area contributed by atoms with E-state index in [0.29, 0.717) is 18.8 Å². The fourth-order valence-corrected chi connectivity index (χ4v) is 4.37. The molecule has 6 nitrogen and oxygen atoms in total. The molecule has 0 bridgehead atoms. The highest BCUT2D eigenvalue weighted by atomic mass is 35.5. The maximum Gasteiger partial charge on any atom is 0.257 e. The van der Waals surface area contributed by atoms with E-state index >= 15 is 0 Å². The summed E-state index contributed by atoms with van der Waals surface area (Å²) in [6.07, 6.45) is -1.15. The molecule has 1 aliphatic rings. The molecule has 0 saturated heterocycles. The van der Waals surface area contributed by atoms with Crippen molar-refractivity contribution in [2.75, 3.05) is 46.3 Å². The predicted octanol–water partition coefficient (Wildman–Crippen LogP) is 3.23. The van der Waals surface area contributed by atoms with Crippen molar-refractivity contribution >= 4 is 35.8 Å². The van der Waals surface area contributed by atoms with Gasteiger partial charge in [-0.15, -0.1) is 24.2 Å². The third kappa shape index (κ3) is 5.17. The number of carbonyl (C=O) groups excluding carboxylic acids is 1. The Kier molecular flexibility index (Phi) is 8.22. The zero-order valence-corrected chi connectivity index (χ0v) is 18.6. The molecule has 0 fully saturated rings. The zero-order chi connectivity index (χ0) is 20.3. The summed E-state index contributed by atoms with van der Waals surface area (Å²) in [4.78, 5) is 17.8. The monoisotopic (exact) mass is 438 g/mol. The molecule has 2 aromatic carbocycles. The Hall–Kier alpha value is -1.93. The second-order valence-electron chi connectivity index (χ2n) is 6.88. The first-order valence-corrected chi connectivity index (χ1v) is 9.95. The van der Waals surface area contributed by atoms with Gasteiger partial charge in [-0.3, -0.25) is 4.79 Å². The Bertz CT molecular complexity index is 832. The Morgan fingerprint density at radius 3 is 2.28 bits per heavy atom. The zero-order valence-electron chi connectivity index (χ0n) is 17.0. The molecule has 0 unspecified atom stereocenters. The minimum absolute atomic E-state index is 0. The SMILES string of the molecule is COc1ccc([C@H]2Sc3ccc(OC)cc3N(CCN(C)C)C(=O)[C@H]2O)cc1.Cl. The van der Waals surface area contributed by atoms with Crippen molar-refractivity contribution in [3.05, 3.63) is 48.0 Å². The van der Waals surface area contributed by atoms with E-state index in [1.54, 1.807) is 19.1 Å². The van der Waals surface area contributed by atoms with Crippen molar-refractivity contribution in [2.45, 2.75) is 16.2 Å². The number of hydrogen-bond donors (Lipinski definition) is 1. The largest absolute Gasteiger partial charge is 0.497 e. The number of hydrogen-bond acceptors (Lipinski definition) is 6. The van der Waals surface area contributed by atoms with Gasteiger partial charge in [0.05, 0.1) is 25.2 Å². The number of fused-ring (bicyclic) bond motifs is 1. The van der Waals surface area contributed by atoms with E-state index in [9.17, 15) is 9.90 Å². The first-order valence-electron chi connectivity index (χ1n) is 9.07. The van der Waals surface area contributed by atoms with E-state index in [1.165, 1.54) is 11.8 Å². The van der Waals surface area contributed by atoms with Crippen LogP contribution in [0.5, 0.6) is 11.5 Å². The number of thioether (sulfide) groups is 1. The van der Waals surface area contributed by atoms with Crippen LogP contribution >= 0.6 is 24.2 Å². The van der Waals surface area contributed by atoms with E-state index < -0.39 is 11.4 Å². The van der Waals surface area contributed by atoms with Gasteiger partial charge in [-0.05, 0) is 43.9 Å². The molecular formula is C21H27ClN2O4S. The Balaban J connectivity index is 0.00000300. The van der Waals surface area contributed by atoms with E-state index in [0.717, 1.165) is 21.9 Å². The van der Waals surface area contributed by atoms with Gasteiger partial charge in [0.25, 0.3) is 5.91 Å². The standard InChI is InChI=1S/C21H26N2O4S.ClH/c1-22(2)11-12-23-17-13-16(27-4)9-10-18(17)28-20(19(24)21(23)25)14-5-7-15(26-3)8-6-14;/h5-10,13,19-20,24H,11-12H2,1-4H3;1H/t19-,20+;/m0./s1. The van der Waals surface area contributed by atoms with E-state index in [4.69, 9.17) is 9.47 Å². The molecule has 158 valence electrons. The van der Waals surface area contributed by atoms with Crippen molar-refractivity contribution in [1.29, 1.82) is 0 Å². The molecule has 3 rings (SSSR count). The number of aliphatic hydroxyl groups is 1. The molecule has 2 atom stereocenters. The fraction of sp³-hybridized carbons (Fsp3) is 0.381. The maximum absolute atomic E-state index is 13.2. The lowest BCUT2D eigenvalue weighted by Gasteiger charge is -2.26. The summed E-state index contributed by atoms with van der Waals surface area (Å²) in [5, 5.41) is 10.5. The van der Waals surface area contributed by atoms with Gasteiger partial charge in [-0.25, -0.2) is 0 Å². The number of rotatable bonds is 6. The van der Waals surface area contributed by atoms with Crippen LogP contribution in [0, 0.1) is 0 Å². The maximum atomic E-state index is 13.2. The third-order valence-electron chi connectivity index (χ3n) is 4.73. The van der Waals surface area contributed by atoms with Gasteiger partial charge >= 0.3 is 0 Å². The third-order valence-corrected chi connectivity index (χ3v) is 6.11. The average Bonchev–Trinajstić information content (AvgIpc) is 2.81. The summed E-state index contributed by atoms with van der Waals surface area (Å²) < 4.78 is 10.6. The molecule has 0 aliphatic carbocycles. The van der Waals surface area contributed by atoms with Gasteiger partial charge in [0, 0.05) is 24.1 Å². The Morgan fingerprint density at radius 1 is 1.07 bits per heavy atom. The molecule has 1 aliphatic heterocycles. The Labute approximate surface area is 182 Å². The number of anilines is 1. The summed E-state index contributed by atoms with van der Waals surface area (Å²) in [6.45, 7) is 1.17. The number of benzene rings is 2. The molecular weight excluding hydrogens is 412 g/mol. The minimum Gasteiger partial charge on any atom is -0.497 e. The Morgan fingerprint density at radius 2 is 1.69 bits per heavy atom. The van der Waals surface area contributed by atoms with E-state index in [-0.39, 0.29) is 18.3 Å². The van der Waals surface area contributed by atoms with Crippen LogP contribution in [0.2, 0.25) is 0 Å². The molecule has 1 heterocycles. The smallest absolute Gasteiger partial charge is 0.257 e. The van der Waals surface area contributed by atoms with Gasteiger partial charge < -0.3 is 24.4 Å². The molecule has 0 aromatic heterocycles. The first kappa shape index (κ1) is 23.3. The van der Waals surface area contributed by atoms with E-state index in [2.05, 4.69) is 0 Å². The van der Waals surface area contributed by atoms with Crippen LogP contribution in [-0.2, 0) is 4.79 Å². The molecule has 2 aromatic rings. The molecule has 8 heteroatoms. The van der Waals surface area contributed by atoms with Crippen LogP contribution in [0.15, 0.2) is 47.4 Å². The fourth-order valence-electron chi connectivity index (χ4n) is 3.12. The average molecular weight is 439 g/mol. The number of halogens is 1. The van der Waals surface area contributed by atoms with Crippen molar-refractivity contribution in [3.63, 3.8) is 0 Å². The topological polar surface area (TPSA) is 62.2 Å². The molecule has 1 N–H and O–H groups in total. The highest BCUT2D eigenvalue weighted by Gasteiger charge is 2.37. The summed E-state index contributed by atoms with van der Waals surface area (Å²) >= 11 is 1.49. The van der Waals surface area contributed by atoms with Gasteiger partial charge in [0.1, 0.15) is 17.6 Å². The molecule has 0 radical (unpaired) electrons. The summed E-state index contributed by atoms with van der Waals surface area (Å²) in [6, 6.07) is 13.2. The second kappa shape index (κ2) is 10.2. The van der Waals surface area contributed by atoms with Gasteiger partial charge in [-0.1, -0.05) is 12.1 Å². The number of ether oxygens (including phenoxy) is 2. The van der Waals surface area contributed by atoms with E-state index in [1.807, 2.05) is 61.5 Å². The van der Waals surface area contributed by atoms with Crippen LogP contribution in [0.4, 0.5) is 5.69 Å². The van der Waals surface area contributed by atoms with Crippen LogP contribution in [0.25, 0.3) is 0 Å². The van der Waals surface area contributed by atoms with Crippen molar-refractivity contribution in [1.82, 2.24) is 4.90 Å². The quantitative estimate of drug-likeness (QED) is 0.747. The lowest BCUT2D eigenvalue weighted by Crippen LogP contribution is -2.43. The molecule has 0 spiro atoms. The van der Waals surface area contributed by atoms with Gasteiger partial charge in [0.15, 0.2) is 0 Å². The number of amides is 1. The second-order valence-corrected chi connectivity index (χ2v) is 8.07. The summed E-state index contributed by atoms with van der Waals surface area (Å²) in [5.74, 6) is 1.11. The number of carbonyl (C=O) groups is 1. The first-order chi connectivity index (χ1) is 13.4. The number of methoxy groups -OCH3 is 2.